The minimum absolute atomic E-state index is 0.0639. The van der Waals surface area contributed by atoms with Gasteiger partial charge in [-0.1, -0.05) is 0 Å². The van der Waals surface area contributed by atoms with E-state index in [0.717, 1.165) is 0 Å². The Morgan fingerprint density at radius 1 is 1.44 bits per heavy atom. The number of hydrogen-bond acceptors (Lipinski definition) is 5. The number of carbonyl (C=O) groups is 1. The third-order valence-corrected chi connectivity index (χ3v) is 4.34. The number of hydrogen-bond donors (Lipinski definition) is 3. The van der Waals surface area contributed by atoms with Crippen LogP contribution in [-0.2, 0) is 14.8 Å². The van der Waals surface area contributed by atoms with Crippen LogP contribution in [0.5, 0.6) is 0 Å². The number of rotatable bonds is 9. The summed E-state index contributed by atoms with van der Waals surface area (Å²) in [5.41, 5.74) is 0. The van der Waals surface area contributed by atoms with E-state index in [4.69, 9.17) is 5.11 Å². The second kappa shape index (κ2) is 8.73. The van der Waals surface area contributed by atoms with Gasteiger partial charge in [-0.05, 0) is 32.3 Å². The molecule has 1 amide bonds. The first-order valence-corrected chi connectivity index (χ1v) is 8.81. The zero-order valence-corrected chi connectivity index (χ0v) is 12.6. The van der Waals surface area contributed by atoms with E-state index in [1.807, 2.05) is 6.26 Å². The van der Waals surface area contributed by atoms with Crippen molar-refractivity contribution in [3.05, 3.63) is 0 Å². The van der Waals surface area contributed by atoms with Crippen molar-refractivity contribution < 1.29 is 18.3 Å². The molecule has 2 atom stereocenters. The molecular weight excluding hydrogens is 276 g/mol. The lowest BCUT2D eigenvalue weighted by Crippen LogP contribution is -2.50. The summed E-state index contributed by atoms with van der Waals surface area (Å²) in [6.45, 7) is 2.99. The first kappa shape index (κ1) is 17.7. The zero-order chi connectivity index (χ0) is 14.2. The van der Waals surface area contributed by atoms with Gasteiger partial charge in [-0.15, -0.1) is 0 Å². The van der Waals surface area contributed by atoms with Gasteiger partial charge in [-0.2, -0.15) is 11.8 Å². The van der Waals surface area contributed by atoms with Gasteiger partial charge in [-0.25, -0.2) is 13.1 Å². The van der Waals surface area contributed by atoms with Gasteiger partial charge in [0.2, 0.25) is 15.9 Å². The monoisotopic (exact) mass is 298 g/mol. The number of nitrogens with one attached hydrogen (secondary N) is 2. The standard InChI is InChI=1S/C10H22N2O4S2/c1-4-18(15,16)12-9(5-6-17-3)10(14)11-8(2)7-13/h8-9,12-13H,4-7H2,1-3H3,(H,11,14)/t8-,9?/m1/s1. The summed E-state index contributed by atoms with van der Waals surface area (Å²) in [5, 5.41) is 11.4. The largest absolute Gasteiger partial charge is 0.394 e. The first-order chi connectivity index (χ1) is 8.36. The number of sulfonamides is 1. The van der Waals surface area contributed by atoms with Crippen LogP contribution in [0.2, 0.25) is 0 Å². The predicted octanol–water partition coefficient (Wildman–Crippen LogP) is -0.456. The molecule has 0 aliphatic heterocycles. The van der Waals surface area contributed by atoms with Gasteiger partial charge in [0.1, 0.15) is 6.04 Å². The minimum atomic E-state index is -3.42. The third-order valence-electron chi connectivity index (χ3n) is 2.29. The van der Waals surface area contributed by atoms with Gasteiger partial charge in [-0.3, -0.25) is 4.79 Å². The molecule has 3 N–H and O–H groups in total. The van der Waals surface area contributed by atoms with Crippen LogP contribution in [0.25, 0.3) is 0 Å². The smallest absolute Gasteiger partial charge is 0.238 e. The molecule has 0 heterocycles. The van der Waals surface area contributed by atoms with Crippen molar-refractivity contribution in [2.24, 2.45) is 0 Å². The maximum absolute atomic E-state index is 11.9. The van der Waals surface area contributed by atoms with E-state index < -0.39 is 22.0 Å². The van der Waals surface area contributed by atoms with Crippen molar-refractivity contribution in [3.8, 4) is 0 Å². The quantitative estimate of drug-likeness (QED) is 0.535. The highest BCUT2D eigenvalue weighted by Gasteiger charge is 2.23. The summed E-state index contributed by atoms with van der Waals surface area (Å²) in [6.07, 6.45) is 2.31. The van der Waals surface area contributed by atoms with Crippen LogP contribution in [0.15, 0.2) is 0 Å². The van der Waals surface area contributed by atoms with E-state index >= 15 is 0 Å². The SMILES string of the molecule is CCS(=O)(=O)NC(CCSC)C(=O)N[C@H](C)CO. The highest BCUT2D eigenvalue weighted by molar-refractivity contribution is 7.98. The average Bonchev–Trinajstić information content (AvgIpc) is 2.33. The molecule has 0 aromatic rings. The molecule has 0 saturated carbocycles. The maximum Gasteiger partial charge on any atom is 0.238 e. The van der Waals surface area contributed by atoms with E-state index in [2.05, 4.69) is 10.0 Å². The molecule has 1 unspecified atom stereocenters. The van der Waals surface area contributed by atoms with E-state index in [0.29, 0.717) is 12.2 Å². The summed E-state index contributed by atoms with van der Waals surface area (Å²) in [7, 11) is -3.42. The van der Waals surface area contributed by atoms with Gasteiger partial charge in [0.15, 0.2) is 0 Å². The van der Waals surface area contributed by atoms with Crippen LogP contribution in [0.4, 0.5) is 0 Å². The van der Waals surface area contributed by atoms with Crippen LogP contribution >= 0.6 is 11.8 Å². The van der Waals surface area contributed by atoms with Crippen molar-refractivity contribution in [3.63, 3.8) is 0 Å². The second-order valence-corrected chi connectivity index (χ2v) is 6.98. The van der Waals surface area contributed by atoms with Crippen molar-refractivity contribution in [1.29, 1.82) is 0 Å². The molecule has 0 fully saturated rings. The van der Waals surface area contributed by atoms with Crippen LogP contribution in [-0.4, -0.2) is 55.9 Å². The van der Waals surface area contributed by atoms with Crippen molar-refractivity contribution in [2.45, 2.75) is 32.4 Å². The molecule has 6 nitrogen and oxygen atoms in total. The van der Waals surface area contributed by atoms with Gasteiger partial charge in [0, 0.05) is 6.04 Å². The lowest BCUT2D eigenvalue weighted by molar-refractivity contribution is -0.123. The molecular formula is C10H22N2O4S2. The Balaban J connectivity index is 4.61. The molecule has 0 spiro atoms. The number of aliphatic hydroxyl groups excluding tert-OH is 1. The van der Waals surface area contributed by atoms with E-state index in [1.165, 1.54) is 6.92 Å². The predicted molar refractivity (Wildman–Crippen MR) is 74.1 cm³/mol. The lowest BCUT2D eigenvalue weighted by atomic mass is 10.2. The Morgan fingerprint density at radius 2 is 2.06 bits per heavy atom. The molecule has 0 rings (SSSR count). The van der Waals surface area contributed by atoms with Crippen molar-refractivity contribution in [2.75, 3.05) is 24.4 Å². The molecule has 0 aromatic carbocycles. The fourth-order valence-corrected chi connectivity index (χ4v) is 2.46. The molecule has 0 radical (unpaired) electrons. The molecule has 8 heteroatoms. The second-order valence-electron chi connectivity index (χ2n) is 3.95. The summed E-state index contributed by atoms with van der Waals surface area (Å²) in [6, 6.07) is -1.17. The average molecular weight is 298 g/mol. The Bertz CT molecular complexity index is 346. The van der Waals surface area contributed by atoms with Crippen LogP contribution in [0.1, 0.15) is 20.3 Å². The van der Waals surface area contributed by atoms with Gasteiger partial charge >= 0.3 is 0 Å². The maximum atomic E-state index is 11.9. The first-order valence-electron chi connectivity index (χ1n) is 5.76. The normalized spacial score (nSPS) is 15.1. The highest BCUT2D eigenvalue weighted by Crippen LogP contribution is 2.03. The van der Waals surface area contributed by atoms with Crippen LogP contribution < -0.4 is 10.0 Å². The van der Waals surface area contributed by atoms with Gasteiger partial charge in [0.05, 0.1) is 12.4 Å². The molecule has 108 valence electrons. The summed E-state index contributed by atoms with van der Waals surface area (Å²) < 4.78 is 25.3. The number of thioether (sulfide) groups is 1. The van der Waals surface area contributed by atoms with Gasteiger partial charge in [0.25, 0.3) is 0 Å². The summed E-state index contributed by atoms with van der Waals surface area (Å²) in [5.74, 6) is 0.214. The Kier molecular flexibility index (Phi) is 8.58. The van der Waals surface area contributed by atoms with E-state index in [1.54, 1.807) is 18.7 Å². The molecule has 0 aromatic heterocycles. The fraction of sp³-hybridized carbons (Fsp3) is 0.900. The number of carbonyl (C=O) groups excluding carboxylic acids is 1. The van der Waals surface area contributed by atoms with E-state index in [9.17, 15) is 13.2 Å². The van der Waals surface area contributed by atoms with Crippen molar-refractivity contribution >= 4 is 27.7 Å². The summed E-state index contributed by atoms with van der Waals surface area (Å²) >= 11 is 1.54. The highest BCUT2D eigenvalue weighted by atomic mass is 32.2. The molecule has 18 heavy (non-hydrogen) atoms. The third kappa shape index (κ3) is 7.20. The van der Waals surface area contributed by atoms with Crippen molar-refractivity contribution in [1.82, 2.24) is 10.0 Å². The summed E-state index contributed by atoms with van der Waals surface area (Å²) in [4.78, 5) is 11.9. The number of amides is 1. The Morgan fingerprint density at radius 3 is 2.50 bits per heavy atom. The molecule has 0 aliphatic rings. The zero-order valence-electron chi connectivity index (χ0n) is 11.0. The molecule has 0 saturated heterocycles. The molecule has 0 bridgehead atoms. The minimum Gasteiger partial charge on any atom is -0.394 e. The Hall–Kier alpha value is -0.310. The number of aliphatic hydroxyl groups is 1. The Labute approximate surface area is 113 Å². The van der Waals surface area contributed by atoms with Gasteiger partial charge < -0.3 is 10.4 Å². The fourth-order valence-electron chi connectivity index (χ4n) is 1.17. The topological polar surface area (TPSA) is 95.5 Å². The lowest BCUT2D eigenvalue weighted by Gasteiger charge is -2.19. The van der Waals surface area contributed by atoms with Crippen LogP contribution in [0.3, 0.4) is 0 Å². The van der Waals surface area contributed by atoms with Crippen LogP contribution in [0, 0.1) is 0 Å². The molecule has 0 aliphatic carbocycles. The van der Waals surface area contributed by atoms with E-state index in [-0.39, 0.29) is 18.4 Å².